The van der Waals surface area contributed by atoms with Gasteiger partial charge in [-0.25, -0.2) is 0 Å². The molecule has 96 valence electrons. The molecule has 1 aliphatic carbocycles. The summed E-state index contributed by atoms with van der Waals surface area (Å²) in [5.41, 5.74) is 1.06. The Bertz CT molecular complexity index is 201. The predicted octanol–water partition coefficient (Wildman–Crippen LogP) is 5.67. The second-order valence-corrected chi connectivity index (χ2v) is 8.41. The highest BCUT2D eigenvalue weighted by Crippen LogP contribution is 2.41. The van der Waals surface area contributed by atoms with Gasteiger partial charge >= 0.3 is 0 Å². The van der Waals surface area contributed by atoms with E-state index in [0.717, 1.165) is 11.8 Å². The van der Waals surface area contributed by atoms with Crippen molar-refractivity contribution in [1.82, 2.24) is 0 Å². The van der Waals surface area contributed by atoms with E-state index in [2.05, 4.69) is 41.5 Å². The average Bonchev–Trinajstić information content (AvgIpc) is 2.44. The predicted molar refractivity (Wildman–Crippen MR) is 73.6 cm³/mol. The van der Waals surface area contributed by atoms with Gasteiger partial charge in [0.1, 0.15) is 0 Å². The van der Waals surface area contributed by atoms with E-state index in [1.165, 1.54) is 38.5 Å². The smallest absolute Gasteiger partial charge is 0.0380 e. The molecule has 0 aromatic carbocycles. The first-order chi connectivity index (χ1) is 7.16. The van der Waals surface area contributed by atoms with Crippen LogP contribution in [-0.4, -0.2) is 0 Å². The summed E-state index contributed by atoms with van der Waals surface area (Å²) >= 11 is 0. The zero-order valence-electron chi connectivity index (χ0n) is 12.4. The molecule has 2 atom stereocenters. The van der Waals surface area contributed by atoms with Gasteiger partial charge in [0.15, 0.2) is 0 Å². The zero-order valence-corrected chi connectivity index (χ0v) is 12.4. The molecule has 0 heterocycles. The van der Waals surface area contributed by atoms with E-state index >= 15 is 0 Å². The van der Waals surface area contributed by atoms with Gasteiger partial charge in [0.05, 0.1) is 0 Å². The third-order valence-electron chi connectivity index (χ3n) is 3.85. The molecule has 0 saturated heterocycles. The maximum absolute atomic E-state index is 2.38. The Morgan fingerprint density at radius 3 is 1.88 bits per heavy atom. The van der Waals surface area contributed by atoms with Crippen LogP contribution >= 0.6 is 0 Å². The fraction of sp³-hybridized carbons (Fsp3) is 1.00. The zero-order chi connectivity index (χ0) is 12.4. The summed E-state index contributed by atoms with van der Waals surface area (Å²) in [6, 6.07) is 0. The molecule has 0 nitrogen and oxygen atoms in total. The maximum atomic E-state index is 2.38. The van der Waals surface area contributed by atoms with Gasteiger partial charge in [-0.05, 0) is 48.3 Å². The molecule has 0 aromatic heterocycles. The molecule has 0 unspecified atom stereocenters. The van der Waals surface area contributed by atoms with Crippen molar-refractivity contribution in [1.29, 1.82) is 0 Å². The highest BCUT2D eigenvalue weighted by atomic mass is 14.3. The third-order valence-corrected chi connectivity index (χ3v) is 3.85. The molecule has 1 fully saturated rings. The molecule has 1 rings (SSSR count). The largest absolute Gasteiger partial charge is 0.0602 e. The van der Waals surface area contributed by atoms with Crippen molar-refractivity contribution in [3.05, 3.63) is 0 Å². The first-order valence-electron chi connectivity index (χ1n) is 7.16. The van der Waals surface area contributed by atoms with Crippen molar-refractivity contribution in [3.8, 4) is 0 Å². The van der Waals surface area contributed by atoms with Crippen molar-refractivity contribution in [2.45, 2.75) is 80.1 Å². The average molecular weight is 224 g/mol. The monoisotopic (exact) mass is 224 g/mol. The summed E-state index contributed by atoms with van der Waals surface area (Å²) in [5, 5.41) is 0. The molecular weight excluding hydrogens is 192 g/mol. The van der Waals surface area contributed by atoms with Crippen LogP contribution < -0.4 is 0 Å². The van der Waals surface area contributed by atoms with Gasteiger partial charge < -0.3 is 0 Å². The van der Waals surface area contributed by atoms with Crippen LogP contribution in [0.1, 0.15) is 80.1 Å². The van der Waals surface area contributed by atoms with Crippen LogP contribution in [0.15, 0.2) is 0 Å². The summed E-state index contributed by atoms with van der Waals surface area (Å²) in [7, 11) is 0. The second kappa shape index (κ2) is 5.10. The van der Waals surface area contributed by atoms with Crippen molar-refractivity contribution in [3.63, 3.8) is 0 Å². The lowest BCUT2D eigenvalue weighted by molar-refractivity contribution is 0.280. The minimum Gasteiger partial charge on any atom is -0.0602 e. The van der Waals surface area contributed by atoms with Crippen molar-refractivity contribution >= 4 is 0 Å². The van der Waals surface area contributed by atoms with Gasteiger partial charge in [-0.15, -0.1) is 0 Å². The van der Waals surface area contributed by atoms with Gasteiger partial charge in [0, 0.05) is 0 Å². The molecule has 0 N–H and O–H groups in total. The van der Waals surface area contributed by atoms with Gasteiger partial charge in [0.25, 0.3) is 0 Å². The van der Waals surface area contributed by atoms with Crippen LogP contribution in [-0.2, 0) is 0 Å². The van der Waals surface area contributed by atoms with Crippen LogP contribution in [0.25, 0.3) is 0 Å². The van der Waals surface area contributed by atoms with E-state index in [9.17, 15) is 0 Å². The Labute approximate surface area is 103 Å². The lowest BCUT2D eigenvalue weighted by atomic mass is 9.82. The molecule has 0 spiro atoms. The van der Waals surface area contributed by atoms with E-state index < -0.39 is 0 Å². The van der Waals surface area contributed by atoms with Crippen LogP contribution in [0.4, 0.5) is 0 Å². The maximum Gasteiger partial charge on any atom is -0.0380 e. The molecule has 0 bridgehead atoms. The van der Waals surface area contributed by atoms with E-state index in [1.807, 2.05) is 0 Å². The molecule has 1 saturated carbocycles. The standard InChI is InChI=1S/C16H32/c1-15(2,3)10-9-13-7-8-14(11-13)12-16(4,5)6/h13-14H,7-12H2,1-6H3/t13-,14+/m0/s1. The van der Waals surface area contributed by atoms with Gasteiger partial charge in [0.2, 0.25) is 0 Å². The Hall–Kier alpha value is 0. The minimum atomic E-state index is 0.530. The first kappa shape index (κ1) is 14.1. The van der Waals surface area contributed by atoms with Gasteiger partial charge in [-0.2, -0.15) is 0 Å². The molecule has 0 aromatic rings. The van der Waals surface area contributed by atoms with E-state index in [-0.39, 0.29) is 0 Å². The van der Waals surface area contributed by atoms with Crippen molar-refractivity contribution in [2.24, 2.45) is 22.7 Å². The second-order valence-electron chi connectivity index (χ2n) is 8.41. The van der Waals surface area contributed by atoms with Gasteiger partial charge in [-0.1, -0.05) is 54.4 Å². The SMILES string of the molecule is CC(C)(C)CC[C@@H]1CC[C@@H](CC(C)(C)C)C1. The fourth-order valence-corrected chi connectivity index (χ4v) is 3.13. The lowest BCUT2D eigenvalue weighted by Gasteiger charge is -2.23. The molecule has 0 heteroatoms. The first-order valence-corrected chi connectivity index (χ1v) is 7.16. The Morgan fingerprint density at radius 1 is 0.812 bits per heavy atom. The van der Waals surface area contributed by atoms with E-state index in [4.69, 9.17) is 0 Å². The van der Waals surface area contributed by atoms with Crippen LogP contribution in [0.3, 0.4) is 0 Å². The van der Waals surface area contributed by atoms with Crippen LogP contribution in [0, 0.1) is 22.7 Å². The molecule has 0 amide bonds. The summed E-state index contributed by atoms with van der Waals surface area (Å²) in [4.78, 5) is 0. The molecule has 0 aliphatic heterocycles. The van der Waals surface area contributed by atoms with Crippen LogP contribution in [0.5, 0.6) is 0 Å². The van der Waals surface area contributed by atoms with Gasteiger partial charge in [-0.3, -0.25) is 0 Å². The molecule has 16 heavy (non-hydrogen) atoms. The van der Waals surface area contributed by atoms with Crippen LogP contribution in [0.2, 0.25) is 0 Å². The Balaban J connectivity index is 2.25. The van der Waals surface area contributed by atoms with E-state index in [0.29, 0.717) is 10.8 Å². The summed E-state index contributed by atoms with van der Waals surface area (Å²) < 4.78 is 0. The number of hydrogen-bond acceptors (Lipinski definition) is 0. The summed E-state index contributed by atoms with van der Waals surface area (Å²) in [5.74, 6) is 2.05. The van der Waals surface area contributed by atoms with Crippen molar-refractivity contribution < 1.29 is 0 Å². The summed E-state index contributed by atoms with van der Waals surface area (Å²) in [6.07, 6.45) is 8.79. The highest BCUT2D eigenvalue weighted by molar-refractivity contribution is 4.80. The van der Waals surface area contributed by atoms with Crippen molar-refractivity contribution in [2.75, 3.05) is 0 Å². The number of hydrogen-bond donors (Lipinski definition) is 0. The Morgan fingerprint density at radius 2 is 1.38 bits per heavy atom. The minimum absolute atomic E-state index is 0.530. The molecule has 0 radical (unpaired) electrons. The molecular formula is C16H32. The third kappa shape index (κ3) is 5.92. The topological polar surface area (TPSA) is 0 Å². The highest BCUT2D eigenvalue weighted by Gasteiger charge is 2.28. The normalized spacial score (nSPS) is 27.4. The molecule has 1 aliphatic rings. The van der Waals surface area contributed by atoms with E-state index in [1.54, 1.807) is 0 Å². The fourth-order valence-electron chi connectivity index (χ4n) is 3.13. The summed E-state index contributed by atoms with van der Waals surface area (Å²) in [6.45, 7) is 14.3. The number of rotatable bonds is 3. The quantitative estimate of drug-likeness (QED) is 0.580. The lowest BCUT2D eigenvalue weighted by Crippen LogP contribution is -2.12. The Kier molecular flexibility index (Phi) is 4.49.